The molecule has 0 radical (unpaired) electrons. The second-order valence-corrected chi connectivity index (χ2v) is 6.21. The zero-order valence-corrected chi connectivity index (χ0v) is 14.9. The molecule has 5 heteroatoms. The molecule has 134 valence electrons. The molecule has 0 spiro atoms. The van der Waals surface area contributed by atoms with Crippen LogP contribution >= 0.6 is 0 Å². The normalized spacial score (nSPS) is 11.9. The molecule has 1 atom stereocenters. The molecule has 5 nitrogen and oxygen atoms in total. The van der Waals surface area contributed by atoms with Gasteiger partial charge < -0.3 is 9.84 Å². The van der Waals surface area contributed by atoms with Crippen LogP contribution in [0.25, 0.3) is 10.9 Å². The first-order chi connectivity index (χ1) is 13.3. The van der Waals surface area contributed by atoms with Gasteiger partial charge >= 0.3 is 0 Å². The molecule has 2 aromatic carbocycles. The molecule has 0 bridgehead atoms. The molecule has 0 saturated heterocycles. The number of nitrogens with zero attached hydrogens (tertiary/aromatic N) is 1. The fourth-order valence-corrected chi connectivity index (χ4v) is 3.18. The van der Waals surface area contributed by atoms with Crippen LogP contribution in [0.1, 0.15) is 17.2 Å². The number of benzene rings is 2. The number of hydrogen-bond donors (Lipinski definition) is 2. The molecule has 0 aliphatic heterocycles. The molecular formula is C22H20N3O2+. The van der Waals surface area contributed by atoms with Crippen molar-refractivity contribution in [3.63, 3.8) is 0 Å². The molecule has 0 saturated carbocycles. The highest BCUT2D eigenvalue weighted by Gasteiger charge is 2.24. The Labute approximate surface area is 157 Å². The monoisotopic (exact) mass is 358 g/mol. The van der Waals surface area contributed by atoms with Gasteiger partial charge in [0.15, 0.2) is 0 Å². The number of H-pyrrole nitrogens is 1. The van der Waals surface area contributed by atoms with E-state index in [2.05, 4.69) is 15.3 Å². The van der Waals surface area contributed by atoms with Gasteiger partial charge in [0.25, 0.3) is 5.82 Å². The summed E-state index contributed by atoms with van der Waals surface area (Å²) in [6, 6.07) is 21.0. The zero-order chi connectivity index (χ0) is 18.6. The van der Waals surface area contributed by atoms with Gasteiger partial charge in [-0.2, -0.15) is 0 Å². The van der Waals surface area contributed by atoms with E-state index in [1.54, 1.807) is 13.3 Å². The summed E-state index contributed by atoms with van der Waals surface area (Å²) in [4.78, 5) is 7.53. The SMILES string of the molecule is COc1cccc([C@@H](Nc2cccc[nH+]2)c2ccc3cccnc3c2O)c1. The van der Waals surface area contributed by atoms with Crippen molar-refractivity contribution in [3.05, 3.63) is 90.3 Å². The van der Waals surface area contributed by atoms with Crippen molar-refractivity contribution >= 4 is 16.7 Å². The number of phenolic OH excluding ortho intramolecular Hbond substituents is 1. The highest BCUT2D eigenvalue weighted by molar-refractivity contribution is 5.86. The number of fused-ring (bicyclic) bond motifs is 1. The van der Waals surface area contributed by atoms with Crippen LogP contribution in [0.2, 0.25) is 0 Å². The molecule has 0 aliphatic rings. The number of aromatic amines is 1. The van der Waals surface area contributed by atoms with Crippen molar-refractivity contribution in [3.8, 4) is 11.5 Å². The van der Waals surface area contributed by atoms with Crippen LogP contribution in [0.4, 0.5) is 5.82 Å². The van der Waals surface area contributed by atoms with Gasteiger partial charge in [-0.3, -0.25) is 10.3 Å². The first kappa shape index (κ1) is 16.8. The van der Waals surface area contributed by atoms with Gasteiger partial charge in [-0.25, -0.2) is 4.98 Å². The summed E-state index contributed by atoms with van der Waals surface area (Å²) in [7, 11) is 1.64. The number of methoxy groups -OCH3 is 1. The average Bonchev–Trinajstić information content (AvgIpc) is 2.74. The summed E-state index contributed by atoms with van der Waals surface area (Å²) in [6.07, 6.45) is 3.54. The lowest BCUT2D eigenvalue weighted by Gasteiger charge is -2.18. The van der Waals surface area contributed by atoms with Crippen molar-refractivity contribution in [1.82, 2.24) is 4.98 Å². The van der Waals surface area contributed by atoms with Gasteiger partial charge in [0.1, 0.15) is 23.1 Å². The molecule has 27 heavy (non-hydrogen) atoms. The minimum Gasteiger partial charge on any atom is -0.505 e. The predicted octanol–water partition coefficient (Wildman–Crippen LogP) is 3.96. The third-order valence-electron chi connectivity index (χ3n) is 4.53. The van der Waals surface area contributed by atoms with E-state index in [4.69, 9.17) is 4.74 Å². The van der Waals surface area contributed by atoms with E-state index in [0.717, 1.165) is 28.1 Å². The molecule has 4 aromatic rings. The van der Waals surface area contributed by atoms with Crippen LogP contribution in [0.3, 0.4) is 0 Å². The molecule has 0 fully saturated rings. The Morgan fingerprint density at radius 2 is 1.96 bits per heavy atom. The third kappa shape index (κ3) is 3.40. The number of hydrogen-bond acceptors (Lipinski definition) is 4. The number of rotatable bonds is 5. The van der Waals surface area contributed by atoms with E-state index in [0.29, 0.717) is 5.52 Å². The fraction of sp³-hybridized carbons (Fsp3) is 0.0909. The molecule has 2 heterocycles. The van der Waals surface area contributed by atoms with Crippen LogP contribution in [0.5, 0.6) is 11.5 Å². The number of aromatic hydroxyl groups is 1. The second-order valence-electron chi connectivity index (χ2n) is 6.21. The van der Waals surface area contributed by atoms with Crippen molar-refractivity contribution in [1.29, 1.82) is 0 Å². The van der Waals surface area contributed by atoms with E-state index < -0.39 is 0 Å². The van der Waals surface area contributed by atoms with E-state index in [1.165, 1.54) is 0 Å². The second kappa shape index (κ2) is 7.33. The maximum Gasteiger partial charge on any atom is 0.272 e. The highest BCUT2D eigenvalue weighted by Crippen LogP contribution is 2.36. The number of anilines is 1. The Kier molecular flexibility index (Phi) is 4.58. The van der Waals surface area contributed by atoms with E-state index in [9.17, 15) is 5.11 Å². The van der Waals surface area contributed by atoms with Gasteiger partial charge in [-0.15, -0.1) is 0 Å². The standard InChI is InChI=1S/C22H19N3O2/c1-27-17-8-4-6-16(14-17)20(25-19-9-2-3-12-23-19)18-11-10-15-7-5-13-24-21(15)22(18)26/h2-14,20,26H,1H3,(H,23,25)/p+1/t20-/m1/s1. The topological polar surface area (TPSA) is 68.5 Å². The molecule has 2 aromatic heterocycles. The van der Waals surface area contributed by atoms with Crippen molar-refractivity contribution in [2.75, 3.05) is 12.4 Å². The lowest BCUT2D eigenvalue weighted by Crippen LogP contribution is -2.19. The summed E-state index contributed by atoms with van der Waals surface area (Å²) >= 11 is 0. The lowest BCUT2D eigenvalue weighted by molar-refractivity contribution is -0.361. The molecular weight excluding hydrogens is 338 g/mol. The first-order valence-electron chi connectivity index (χ1n) is 8.70. The predicted molar refractivity (Wildman–Crippen MR) is 105 cm³/mol. The summed E-state index contributed by atoms with van der Waals surface area (Å²) in [5.41, 5.74) is 2.30. The average molecular weight is 358 g/mol. The summed E-state index contributed by atoms with van der Waals surface area (Å²) < 4.78 is 5.38. The third-order valence-corrected chi connectivity index (χ3v) is 4.53. The van der Waals surface area contributed by atoms with E-state index in [1.807, 2.05) is 72.9 Å². The van der Waals surface area contributed by atoms with Gasteiger partial charge in [-0.1, -0.05) is 30.3 Å². The summed E-state index contributed by atoms with van der Waals surface area (Å²) in [6.45, 7) is 0. The number of pyridine rings is 2. The minimum atomic E-state index is -0.287. The van der Waals surface area contributed by atoms with Crippen LogP contribution in [-0.2, 0) is 0 Å². The molecule has 0 amide bonds. The quantitative estimate of drug-likeness (QED) is 0.566. The Balaban J connectivity index is 1.86. The fourth-order valence-electron chi connectivity index (χ4n) is 3.18. The van der Waals surface area contributed by atoms with Crippen LogP contribution in [0, 0.1) is 0 Å². The molecule has 3 N–H and O–H groups in total. The highest BCUT2D eigenvalue weighted by atomic mass is 16.5. The van der Waals surface area contributed by atoms with Crippen LogP contribution in [-0.4, -0.2) is 17.2 Å². The molecule has 0 unspecified atom stereocenters. The van der Waals surface area contributed by atoms with E-state index >= 15 is 0 Å². The summed E-state index contributed by atoms with van der Waals surface area (Å²) in [5.74, 6) is 1.77. The Morgan fingerprint density at radius 3 is 2.78 bits per heavy atom. The van der Waals surface area contributed by atoms with Gasteiger partial charge in [0.2, 0.25) is 0 Å². The van der Waals surface area contributed by atoms with Crippen molar-refractivity contribution in [2.45, 2.75) is 6.04 Å². The smallest absolute Gasteiger partial charge is 0.272 e. The molecule has 0 aliphatic carbocycles. The maximum atomic E-state index is 10.9. The largest absolute Gasteiger partial charge is 0.505 e. The molecule has 4 rings (SSSR count). The summed E-state index contributed by atoms with van der Waals surface area (Å²) in [5, 5.41) is 15.3. The van der Waals surface area contributed by atoms with Crippen molar-refractivity contribution in [2.24, 2.45) is 0 Å². The zero-order valence-electron chi connectivity index (χ0n) is 14.9. The number of nitrogens with one attached hydrogen (secondary N) is 2. The Morgan fingerprint density at radius 1 is 1.04 bits per heavy atom. The minimum absolute atomic E-state index is 0.171. The number of phenols is 1. The van der Waals surface area contributed by atoms with Crippen molar-refractivity contribution < 1.29 is 14.8 Å². The van der Waals surface area contributed by atoms with Gasteiger partial charge in [0.05, 0.1) is 13.3 Å². The van der Waals surface area contributed by atoms with Gasteiger partial charge in [0, 0.05) is 28.8 Å². The first-order valence-corrected chi connectivity index (χ1v) is 8.70. The Bertz CT molecular complexity index is 1070. The lowest BCUT2D eigenvalue weighted by atomic mass is 9.96. The van der Waals surface area contributed by atoms with Gasteiger partial charge in [-0.05, 0) is 30.3 Å². The van der Waals surface area contributed by atoms with Crippen LogP contribution < -0.4 is 15.0 Å². The van der Waals surface area contributed by atoms with Crippen LogP contribution in [0.15, 0.2) is 79.1 Å². The maximum absolute atomic E-state index is 10.9. The number of ether oxygens (including phenoxy) is 1. The Hall–Kier alpha value is -3.60. The number of aromatic nitrogens is 2. The van der Waals surface area contributed by atoms with E-state index in [-0.39, 0.29) is 11.8 Å².